The van der Waals surface area contributed by atoms with Crippen LogP contribution in [0.4, 0.5) is 0 Å². The number of ketones is 1. The number of carbonyl (C=O) groups is 1. The van der Waals surface area contributed by atoms with Crippen molar-refractivity contribution in [1.82, 2.24) is 0 Å². The lowest BCUT2D eigenvalue weighted by Gasteiger charge is -2.12. The Kier molecular flexibility index (Phi) is 7.69. The maximum absolute atomic E-state index is 12.0. The Labute approximate surface area is 119 Å². The third kappa shape index (κ3) is 5.19. The number of methoxy groups -OCH3 is 1. The van der Waals surface area contributed by atoms with Crippen LogP contribution in [0.2, 0.25) is 0 Å². The monoisotopic (exact) mass is 282 g/mol. The van der Waals surface area contributed by atoms with Gasteiger partial charge in [-0.25, -0.2) is 0 Å². The smallest absolute Gasteiger partial charge is 0.188 e. The van der Waals surface area contributed by atoms with Crippen molar-refractivity contribution >= 4 is 5.78 Å². The number of benzene rings is 1. The van der Waals surface area contributed by atoms with E-state index in [1.54, 1.807) is 25.3 Å². The Morgan fingerprint density at radius 3 is 2.40 bits per heavy atom. The Morgan fingerprint density at radius 2 is 1.75 bits per heavy atom. The third-order valence-corrected chi connectivity index (χ3v) is 2.53. The first-order chi connectivity index (χ1) is 9.72. The van der Waals surface area contributed by atoms with E-state index in [1.807, 2.05) is 13.8 Å². The van der Waals surface area contributed by atoms with E-state index in [2.05, 4.69) is 0 Å². The summed E-state index contributed by atoms with van der Waals surface area (Å²) in [6.07, 6.45) is 0. The van der Waals surface area contributed by atoms with Gasteiger partial charge in [-0.15, -0.1) is 0 Å². The fourth-order valence-electron chi connectivity index (χ4n) is 1.62. The summed E-state index contributed by atoms with van der Waals surface area (Å²) >= 11 is 0. The van der Waals surface area contributed by atoms with Crippen LogP contribution < -0.4 is 9.47 Å². The molecule has 0 unspecified atom stereocenters. The van der Waals surface area contributed by atoms with Gasteiger partial charge in [-0.05, 0) is 32.0 Å². The second-order valence-corrected chi connectivity index (χ2v) is 4.00. The molecule has 112 valence electrons. The van der Waals surface area contributed by atoms with E-state index in [9.17, 15) is 4.79 Å². The molecule has 0 aliphatic carbocycles. The van der Waals surface area contributed by atoms with Crippen LogP contribution in [-0.4, -0.2) is 45.9 Å². The van der Waals surface area contributed by atoms with Crippen molar-refractivity contribution in [3.63, 3.8) is 0 Å². The van der Waals surface area contributed by atoms with Gasteiger partial charge in [0.15, 0.2) is 17.3 Å². The van der Waals surface area contributed by atoms with Gasteiger partial charge in [-0.3, -0.25) is 4.79 Å². The maximum Gasteiger partial charge on any atom is 0.188 e. The molecule has 0 heterocycles. The van der Waals surface area contributed by atoms with E-state index in [0.717, 1.165) is 0 Å². The summed E-state index contributed by atoms with van der Waals surface area (Å²) in [5, 5.41) is 0. The van der Waals surface area contributed by atoms with Gasteiger partial charge in [0.2, 0.25) is 0 Å². The minimum absolute atomic E-state index is 0.0307. The predicted molar refractivity (Wildman–Crippen MR) is 75.8 cm³/mol. The average Bonchev–Trinajstić information content (AvgIpc) is 2.45. The van der Waals surface area contributed by atoms with Gasteiger partial charge in [0.1, 0.15) is 6.61 Å². The summed E-state index contributed by atoms with van der Waals surface area (Å²) in [6.45, 7) is 5.76. The number of hydrogen-bond acceptors (Lipinski definition) is 5. The number of rotatable bonds is 10. The summed E-state index contributed by atoms with van der Waals surface area (Å²) < 4.78 is 21.0. The highest BCUT2D eigenvalue weighted by Gasteiger charge is 2.11. The molecular formula is C15H22O5. The Hall–Kier alpha value is -1.59. The number of carbonyl (C=O) groups excluding carboxylic acids is 1. The normalized spacial score (nSPS) is 10.3. The van der Waals surface area contributed by atoms with Crippen LogP contribution in [0.3, 0.4) is 0 Å². The minimum atomic E-state index is -0.0925. The van der Waals surface area contributed by atoms with Gasteiger partial charge in [0, 0.05) is 12.7 Å². The largest absolute Gasteiger partial charge is 0.490 e. The van der Waals surface area contributed by atoms with Crippen LogP contribution in [0.1, 0.15) is 24.2 Å². The summed E-state index contributed by atoms with van der Waals surface area (Å²) in [4.78, 5) is 12.0. The highest BCUT2D eigenvalue weighted by molar-refractivity contribution is 5.97. The van der Waals surface area contributed by atoms with E-state index in [-0.39, 0.29) is 12.4 Å². The second kappa shape index (κ2) is 9.34. The van der Waals surface area contributed by atoms with Gasteiger partial charge in [0.25, 0.3) is 0 Å². The van der Waals surface area contributed by atoms with Gasteiger partial charge in [0.05, 0.1) is 26.4 Å². The van der Waals surface area contributed by atoms with Crippen molar-refractivity contribution in [2.75, 3.05) is 40.1 Å². The molecule has 1 aromatic rings. The van der Waals surface area contributed by atoms with E-state index in [1.165, 1.54) is 0 Å². The first-order valence-corrected chi connectivity index (χ1v) is 6.72. The summed E-state index contributed by atoms with van der Waals surface area (Å²) in [6, 6.07) is 5.16. The zero-order valence-corrected chi connectivity index (χ0v) is 12.3. The van der Waals surface area contributed by atoms with Crippen molar-refractivity contribution in [3.8, 4) is 11.5 Å². The molecule has 0 saturated carbocycles. The van der Waals surface area contributed by atoms with Gasteiger partial charge < -0.3 is 18.9 Å². The molecule has 0 bridgehead atoms. The molecule has 0 aliphatic heterocycles. The summed E-state index contributed by atoms with van der Waals surface area (Å²) in [5.41, 5.74) is 0.550. The molecule has 1 aromatic carbocycles. The van der Waals surface area contributed by atoms with Gasteiger partial charge in [-0.2, -0.15) is 0 Å². The number of hydrogen-bond donors (Lipinski definition) is 0. The van der Waals surface area contributed by atoms with Gasteiger partial charge >= 0.3 is 0 Å². The molecule has 0 radical (unpaired) electrons. The molecule has 0 aromatic heterocycles. The lowest BCUT2D eigenvalue weighted by Crippen LogP contribution is -2.12. The van der Waals surface area contributed by atoms with E-state index < -0.39 is 0 Å². The second-order valence-electron chi connectivity index (χ2n) is 4.00. The van der Waals surface area contributed by atoms with Crippen molar-refractivity contribution in [2.24, 2.45) is 0 Å². The molecule has 0 aliphatic rings. The lowest BCUT2D eigenvalue weighted by molar-refractivity contribution is 0.0576. The number of ether oxygens (including phenoxy) is 4. The van der Waals surface area contributed by atoms with Crippen molar-refractivity contribution in [1.29, 1.82) is 0 Å². The Bertz CT molecular complexity index is 417. The zero-order valence-electron chi connectivity index (χ0n) is 12.3. The Morgan fingerprint density at radius 1 is 1.05 bits per heavy atom. The molecule has 0 fully saturated rings. The standard InChI is InChI=1S/C15H22O5/c1-4-19-14-7-6-12(10-15(14)20-5-2)13(16)11-18-9-8-17-3/h6-7,10H,4-5,8-9,11H2,1-3H3. The molecule has 1 rings (SSSR count). The van der Waals surface area contributed by atoms with Crippen LogP contribution in [0.15, 0.2) is 18.2 Å². The van der Waals surface area contributed by atoms with Crippen LogP contribution >= 0.6 is 0 Å². The van der Waals surface area contributed by atoms with E-state index in [4.69, 9.17) is 18.9 Å². The van der Waals surface area contributed by atoms with Crippen LogP contribution in [0.25, 0.3) is 0 Å². The fraction of sp³-hybridized carbons (Fsp3) is 0.533. The first kappa shape index (κ1) is 16.5. The molecule has 0 atom stereocenters. The molecular weight excluding hydrogens is 260 g/mol. The third-order valence-electron chi connectivity index (χ3n) is 2.53. The number of Topliss-reactive ketones (excluding diaryl/α,β-unsaturated/α-hetero) is 1. The van der Waals surface area contributed by atoms with E-state index in [0.29, 0.717) is 43.5 Å². The van der Waals surface area contributed by atoms with Crippen LogP contribution in [0.5, 0.6) is 11.5 Å². The summed E-state index contributed by atoms with van der Waals surface area (Å²) in [5.74, 6) is 1.13. The quantitative estimate of drug-likeness (QED) is 0.487. The average molecular weight is 282 g/mol. The molecule has 0 N–H and O–H groups in total. The van der Waals surface area contributed by atoms with Crippen molar-refractivity contribution in [3.05, 3.63) is 23.8 Å². The fourth-order valence-corrected chi connectivity index (χ4v) is 1.62. The highest BCUT2D eigenvalue weighted by atomic mass is 16.5. The van der Waals surface area contributed by atoms with Gasteiger partial charge in [-0.1, -0.05) is 0 Å². The molecule has 0 amide bonds. The molecule has 0 spiro atoms. The van der Waals surface area contributed by atoms with Crippen molar-refractivity contribution < 1.29 is 23.7 Å². The molecule has 5 heteroatoms. The zero-order chi connectivity index (χ0) is 14.8. The van der Waals surface area contributed by atoms with Crippen molar-refractivity contribution in [2.45, 2.75) is 13.8 Å². The first-order valence-electron chi connectivity index (χ1n) is 6.72. The SMILES string of the molecule is CCOc1ccc(C(=O)COCCOC)cc1OCC. The highest BCUT2D eigenvalue weighted by Crippen LogP contribution is 2.28. The van der Waals surface area contributed by atoms with Crippen LogP contribution in [-0.2, 0) is 9.47 Å². The minimum Gasteiger partial charge on any atom is -0.490 e. The predicted octanol–water partition coefficient (Wildman–Crippen LogP) is 2.33. The lowest BCUT2D eigenvalue weighted by atomic mass is 10.1. The topological polar surface area (TPSA) is 54.0 Å². The molecule has 20 heavy (non-hydrogen) atoms. The Balaban J connectivity index is 2.69. The summed E-state index contributed by atoms with van der Waals surface area (Å²) in [7, 11) is 1.59. The maximum atomic E-state index is 12.0. The van der Waals surface area contributed by atoms with Crippen LogP contribution in [0, 0.1) is 0 Å². The molecule has 0 saturated heterocycles. The molecule has 5 nitrogen and oxygen atoms in total. The van der Waals surface area contributed by atoms with E-state index >= 15 is 0 Å².